The topological polar surface area (TPSA) is 65.1 Å². The van der Waals surface area contributed by atoms with Gasteiger partial charge in [-0.15, -0.1) is 0 Å². The molecule has 1 aromatic carbocycles. The number of cyclic esters (lactones) is 1. The normalized spacial score (nSPS) is 20.9. The third kappa shape index (κ3) is 4.50. The molecule has 3 rings (SSSR count). The monoisotopic (exact) mass is 378 g/mol. The van der Waals surface area contributed by atoms with E-state index >= 15 is 0 Å². The van der Waals surface area contributed by atoms with Crippen LogP contribution in [0.3, 0.4) is 0 Å². The molecule has 1 unspecified atom stereocenters. The van der Waals surface area contributed by atoms with E-state index in [9.17, 15) is 14.0 Å². The maximum Gasteiger partial charge on any atom is 0.414 e. The smallest absolute Gasteiger partial charge is 0.414 e. The highest BCUT2D eigenvalue weighted by molar-refractivity contribution is 5.90. The molecule has 7 nitrogen and oxygen atoms in total. The van der Waals surface area contributed by atoms with E-state index in [2.05, 4.69) is 29.2 Å². The Bertz CT molecular complexity index is 704. The lowest BCUT2D eigenvalue weighted by Crippen LogP contribution is -2.42. The van der Waals surface area contributed by atoms with Gasteiger partial charge in [-0.25, -0.2) is 9.18 Å². The minimum Gasteiger partial charge on any atom is -0.442 e. The lowest BCUT2D eigenvalue weighted by atomic mass is 10.0. The van der Waals surface area contributed by atoms with Gasteiger partial charge in [-0.2, -0.15) is 0 Å². The summed E-state index contributed by atoms with van der Waals surface area (Å²) in [6.45, 7) is 3.56. The Morgan fingerprint density at radius 2 is 2.04 bits per heavy atom. The van der Waals surface area contributed by atoms with Gasteiger partial charge in [0.05, 0.1) is 24.5 Å². The van der Waals surface area contributed by atoms with Gasteiger partial charge < -0.3 is 19.9 Å². The van der Waals surface area contributed by atoms with Crippen LogP contribution in [0.4, 0.5) is 20.6 Å². The molecule has 0 saturated carbocycles. The van der Waals surface area contributed by atoms with Gasteiger partial charge in [0, 0.05) is 26.1 Å². The maximum atomic E-state index is 14.7. The van der Waals surface area contributed by atoms with E-state index in [4.69, 9.17) is 4.74 Å². The van der Waals surface area contributed by atoms with Gasteiger partial charge in [0.25, 0.3) is 0 Å². The van der Waals surface area contributed by atoms with Crippen molar-refractivity contribution in [1.82, 2.24) is 10.2 Å². The Kier molecular flexibility index (Phi) is 5.84. The molecule has 8 heteroatoms. The zero-order valence-corrected chi connectivity index (χ0v) is 16.1. The molecule has 2 aliphatic heterocycles. The van der Waals surface area contributed by atoms with Crippen LogP contribution >= 0.6 is 0 Å². The SMILES string of the molecule is CC(=O)NCC1CN(c2ccc(N3CCC(N(C)C)CC3)c(F)c2)C(=O)O1. The molecule has 2 fully saturated rings. The van der Waals surface area contributed by atoms with E-state index in [1.807, 2.05) is 0 Å². The van der Waals surface area contributed by atoms with E-state index < -0.39 is 12.2 Å². The number of carbonyl (C=O) groups excluding carboxylic acids is 2. The molecular formula is C19H27FN4O3. The molecule has 0 spiro atoms. The molecule has 1 atom stereocenters. The van der Waals surface area contributed by atoms with Gasteiger partial charge in [0.1, 0.15) is 11.9 Å². The molecule has 0 aromatic heterocycles. The maximum absolute atomic E-state index is 14.7. The number of anilines is 2. The second-order valence-corrected chi connectivity index (χ2v) is 7.37. The molecule has 2 saturated heterocycles. The first-order valence-corrected chi connectivity index (χ1v) is 9.28. The van der Waals surface area contributed by atoms with Crippen LogP contribution in [0.5, 0.6) is 0 Å². The first-order chi connectivity index (χ1) is 12.8. The molecule has 148 valence electrons. The first-order valence-electron chi connectivity index (χ1n) is 9.28. The number of piperidine rings is 1. The van der Waals surface area contributed by atoms with Gasteiger partial charge in [0.2, 0.25) is 5.91 Å². The zero-order chi connectivity index (χ0) is 19.6. The number of amides is 2. The number of nitrogens with one attached hydrogen (secondary N) is 1. The van der Waals surface area contributed by atoms with Crippen LogP contribution in [0.1, 0.15) is 19.8 Å². The van der Waals surface area contributed by atoms with Crippen LogP contribution in [-0.2, 0) is 9.53 Å². The second-order valence-electron chi connectivity index (χ2n) is 7.37. The van der Waals surface area contributed by atoms with Gasteiger partial charge >= 0.3 is 6.09 Å². The standard InChI is InChI=1S/C19H27FN4O3/c1-13(25)21-11-16-12-24(19(26)27-16)15-4-5-18(17(20)10-15)23-8-6-14(7-9-23)22(2)3/h4-5,10,14,16H,6-9,11-12H2,1-3H3,(H,21,25). The molecule has 0 radical (unpaired) electrons. The summed E-state index contributed by atoms with van der Waals surface area (Å²) in [5.74, 6) is -0.521. The third-order valence-corrected chi connectivity index (χ3v) is 5.23. The van der Waals surface area contributed by atoms with Crippen molar-refractivity contribution in [1.29, 1.82) is 0 Å². The lowest BCUT2D eigenvalue weighted by Gasteiger charge is -2.36. The van der Waals surface area contributed by atoms with Gasteiger partial charge in [-0.05, 0) is 45.1 Å². The molecule has 2 amide bonds. The van der Waals surface area contributed by atoms with Crippen molar-refractivity contribution in [3.8, 4) is 0 Å². The summed E-state index contributed by atoms with van der Waals surface area (Å²) in [6.07, 6.45) is 1.04. The number of benzene rings is 1. The van der Waals surface area contributed by atoms with Crippen molar-refractivity contribution < 1.29 is 18.7 Å². The van der Waals surface area contributed by atoms with Gasteiger partial charge in [-0.1, -0.05) is 0 Å². The lowest BCUT2D eigenvalue weighted by molar-refractivity contribution is -0.119. The van der Waals surface area contributed by atoms with Crippen LogP contribution in [0, 0.1) is 5.82 Å². The van der Waals surface area contributed by atoms with E-state index in [0.29, 0.717) is 17.4 Å². The molecule has 27 heavy (non-hydrogen) atoms. The highest BCUT2D eigenvalue weighted by Crippen LogP contribution is 2.29. The fourth-order valence-corrected chi connectivity index (χ4v) is 3.64. The fourth-order valence-electron chi connectivity index (χ4n) is 3.64. The van der Waals surface area contributed by atoms with Crippen molar-refractivity contribution in [3.05, 3.63) is 24.0 Å². The van der Waals surface area contributed by atoms with E-state index in [1.54, 1.807) is 12.1 Å². The highest BCUT2D eigenvalue weighted by atomic mass is 19.1. The van der Waals surface area contributed by atoms with E-state index in [-0.39, 0.29) is 24.8 Å². The van der Waals surface area contributed by atoms with Crippen molar-refractivity contribution in [3.63, 3.8) is 0 Å². The van der Waals surface area contributed by atoms with E-state index in [0.717, 1.165) is 25.9 Å². The number of nitrogens with zero attached hydrogens (tertiary/aromatic N) is 3. The Hall–Kier alpha value is -2.35. The van der Waals surface area contributed by atoms with Crippen molar-refractivity contribution in [2.24, 2.45) is 0 Å². The molecule has 2 aliphatic rings. The van der Waals surface area contributed by atoms with Gasteiger partial charge in [0.15, 0.2) is 0 Å². The van der Waals surface area contributed by atoms with Gasteiger partial charge in [-0.3, -0.25) is 9.69 Å². The minimum absolute atomic E-state index is 0.182. The molecule has 1 aromatic rings. The highest BCUT2D eigenvalue weighted by Gasteiger charge is 2.33. The quantitative estimate of drug-likeness (QED) is 0.847. The van der Waals surface area contributed by atoms with Crippen LogP contribution < -0.4 is 15.1 Å². The zero-order valence-electron chi connectivity index (χ0n) is 16.1. The van der Waals surface area contributed by atoms with Crippen LogP contribution in [0.25, 0.3) is 0 Å². The van der Waals surface area contributed by atoms with E-state index in [1.165, 1.54) is 17.9 Å². The van der Waals surface area contributed by atoms with Crippen molar-refractivity contribution in [2.45, 2.75) is 31.9 Å². The summed E-state index contributed by atoms with van der Waals surface area (Å²) in [5.41, 5.74) is 1.04. The molecule has 2 heterocycles. The predicted octanol–water partition coefficient (Wildman–Crippen LogP) is 1.82. The molecule has 0 bridgehead atoms. The number of rotatable bonds is 5. The number of hydrogen-bond acceptors (Lipinski definition) is 5. The predicted molar refractivity (Wildman–Crippen MR) is 102 cm³/mol. The average Bonchev–Trinajstić information content (AvgIpc) is 3.01. The molecular weight excluding hydrogens is 351 g/mol. The minimum atomic E-state index is -0.524. The van der Waals surface area contributed by atoms with Crippen molar-refractivity contribution >= 4 is 23.4 Å². The number of hydrogen-bond donors (Lipinski definition) is 1. The Morgan fingerprint density at radius 3 is 2.63 bits per heavy atom. The Morgan fingerprint density at radius 1 is 1.33 bits per heavy atom. The fraction of sp³-hybridized carbons (Fsp3) is 0.579. The Labute approximate surface area is 159 Å². The summed E-state index contributed by atoms with van der Waals surface area (Å²) in [7, 11) is 4.15. The van der Waals surface area contributed by atoms with Crippen molar-refractivity contribution in [2.75, 3.05) is 50.1 Å². The molecule has 0 aliphatic carbocycles. The summed E-state index contributed by atoms with van der Waals surface area (Å²) < 4.78 is 20.0. The van der Waals surface area contributed by atoms with Crippen LogP contribution in [-0.4, -0.2) is 69.3 Å². The Balaban J connectivity index is 1.65. The van der Waals surface area contributed by atoms with Crippen LogP contribution in [0.2, 0.25) is 0 Å². The third-order valence-electron chi connectivity index (χ3n) is 5.23. The van der Waals surface area contributed by atoms with Crippen LogP contribution in [0.15, 0.2) is 18.2 Å². The summed E-state index contributed by atoms with van der Waals surface area (Å²) in [5, 5.41) is 2.63. The summed E-state index contributed by atoms with van der Waals surface area (Å²) in [4.78, 5) is 28.8. The first kappa shape index (κ1) is 19.4. The summed E-state index contributed by atoms with van der Waals surface area (Å²) >= 11 is 0. The number of halogens is 1. The number of ether oxygens (including phenoxy) is 1. The summed E-state index contributed by atoms with van der Waals surface area (Å²) in [6, 6.07) is 5.40. The molecule has 1 N–H and O–H groups in total. The average molecular weight is 378 g/mol. The second kappa shape index (κ2) is 8.12. The number of carbonyl (C=O) groups is 2. The largest absolute Gasteiger partial charge is 0.442 e.